The highest BCUT2D eigenvalue weighted by Gasteiger charge is 1.99. The maximum Gasteiger partial charge on any atom is 0.128 e. The Kier molecular flexibility index (Phi) is 8.61. The maximum absolute atomic E-state index is 6.05. The third-order valence-electron chi connectivity index (χ3n) is 4.02. The molecular formula is C24H30O. The molecule has 25 heavy (non-hydrogen) atoms. The lowest BCUT2D eigenvalue weighted by Gasteiger charge is -2.07. The molecule has 2 rings (SSSR count). The van der Waals surface area contributed by atoms with Gasteiger partial charge in [0.05, 0.1) is 0 Å². The molecule has 0 atom stereocenters. The molecule has 0 aliphatic carbocycles. The Labute approximate surface area is 153 Å². The highest BCUT2D eigenvalue weighted by molar-refractivity contribution is 5.54. The van der Waals surface area contributed by atoms with Gasteiger partial charge in [0.25, 0.3) is 0 Å². The lowest BCUT2D eigenvalue weighted by Crippen LogP contribution is -1.85. The van der Waals surface area contributed by atoms with Crippen LogP contribution in [0.1, 0.15) is 63.5 Å². The lowest BCUT2D eigenvalue weighted by atomic mass is 10.1. The summed E-state index contributed by atoms with van der Waals surface area (Å²) >= 11 is 0. The molecule has 0 saturated heterocycles. The average Bonchev–Trinajstić information content (AvgIpc) is 2.63. The van der Waals surface area contributed by atoms with Gasteiger partial charge in [-0.25, -0.2) is 0 Å². The van der Waals surface area contributed by atoms with Gasteiger partial charge >= 0.3 is 0 Å². The van der Waals surface area contributed by atoms with E-state index in [9.17, 15) is 0 Å². The normalized spacial score (nSPS) is 11.4. The molecule has 0 saturated carbocycles. The molecule has 0 radical (unpaired) electrons. The zero-order chi connectivity index (χ0) is 17.7. The topological polar surface area (TPSA) is 9.23 Å². The molecule has 132 valence electrons. The molecule has 2 aromatic rings. The predicted octanol–water partition coefficient (Wildman–Crippen LogP) is 7.89. The summed E-state index contributed by atoms with van der Waals surface area (Å²) in [7, 11) is 0. The van der Waals surface area contributed by atoms with E-state index in [-0.39, 0.29) is 0 Å². The van der Waals surface area contributed by atoms with Gasteiger partial charge in [0.15, 0.2) is 0 Å². The first-order chi connectivity index (χ1) is 12.3. The number of rotatable bonds is 10. The van der Waals surface area contributed by atoms with Crippen LogP contribution in [0.15, 0.2) is 60.7 Å². The number of hydrogen-bond acceptors (Lipinski definition) is 1. The molecule has 1 heteroatoms. The van der Waals surface area contributed by atoms with Gasteiger partial charge in [-0.3, -0.25) is 0 Å². The lowest BCUT2D eigenvalue weighted by molar-refractivity contribution is 0.482. The zero-order valence-corrected chi connectivity index (χ0v) is 15.6. The minimum Gasteiger partial charge on any atom is -0.457 e. The third kappa shape index (κ3) is 7.43. The Balaban J connectivity index is 1.99. The van der Waals surface area contributed by atoms with E-state index in [0.29, 0.717) is 0 Å². The van der Waals surface area contributed by atoms with Crippen LogP contribution in [0.4, 0.5) is 0 Å². The quantitative estimate of drug-likeness (QED) is 0.401. The van der Waals surface area contributed by atoms with Crippen molar-refractivity contribution in [2.75, 3.05) is 0 Å². The summed E-state index contributed by atoms with van der Waals surface area (Å²) in [4.78, 5) is 0. The van der Waals surface area contributed by atoms with Crippen molar-refractivity contribution in [3.8, 4) is 11.5 Å². The van der Waals surface area contributed by atoms with Crippen molar-refractivity contribution in [2.24, 2.45) is 0 Å². The van der Waals surface area contributed by atoms with Crippen LogP contribution in [0, 0.1) is 0 Å². The van der Waals surface area contributed by atoms with Crippen molar-refractivity contribution < 1.29 is 4.74 Å². The Hall–Kier alpha value is -2.28. The molecule has 0 heterocycles. The van der Waals surface area contributed by atoms with Crippen LogP contribution in [-0.2, 0) is 0 Å². The smallest absolute Gasteiger partial charge is 0.128 e. The van der Waals surface area contributed by atoms with Gasteiger partial charge in [-0.2, -0.15) is 0 Å². The molecular weight excluding hydrogens is 304 g/mol. The van der Waals surface area contributed by atoms with Crippen LogP contribution >= 0.6 is 0 Å². The monoisotopic (exact) mass is 334 g/mol. The zero-order valence-electron chi connectivity index (χ0n) is 15.6. The van der Waals surface area contributed by atoms with Gasteiger partial charge in [0, 0.05) is 0 Å². The minimum atomic E-state index is 0.879. The third-order valence-corrected chi connectivity index (χ3v) is 4.02. The summed E-state index contributed by atoms with van der Waals surface area (Å²) in [5, 5.41) is 0. The van der Waals surface area contributed by atoms with Gasteiger partial charge in [-0.1, -0.05) is 88.1 Å². The maximum atomic E-state index is 6.05. The highest BCUT2D eigenvalue weighted by Crippen LogP contribution is 2.24. The average molecular weight is 335 g/mol. The number of ether oxygens (including phenoxy) is 1. The molecule has 0 spiro atoms. The van der Waals surface area contributed by atoms with Crippen LogP contribution in [0.2, 0.25) is 0 Å². The molecule has 1 nitrogen and oxygen atoms in total. The second-order valence-corrected chi connectivity index (χ2v) is 6.34. The molecule has 0 bridgehead atoms. The van der Waals surface area contributed by atoms with Gasteiger partial charge < -0.3 is 4.74 Å². The van der Waals surface area contributed by atoms with E-state index in [1.54, 1.807) is 0 Å². The van der Waals surface area contributed by atoms with E-state index in [1.165, 1.54) is 36.8 Å². The van der Waals surface area contributed by atoms with Crippen molar-refractivity contribution >= 4 is 12.2 Å². The van der Waals surface area contributed by atoms with E-state index >= 15 is 0 Å². The fourth-order valence-electron chi connectivity index (χ4n) is 2.58. The Morgan fingerprint density at radius 1 is 0.720 bits per heavy atom. The largest absolute Gasteiger partial charge is 0.457 e. The van der Waals surface area contributed by atoms with E-state index < -0.39 is 0 Å². The number of allylic oxidation sites excluding steroid dienone is 2. The number of unbranched alkanes of at least 4 members (excludes halogenated alkanes) is 4. The highest BCUT2D eigenvalue weighted by atomic mass is 16.5. The Morgan fingerprint density at radius 2 is 1.20 bits per heavy atom. The molecule has 0 amide bonds. The van der Waals surface area contributed by atoms with Crippen molar-refractivity contribution in [2.45, 2.75) is 52.4 Å². The van der Waals surface area contributed by atoms with Crippen molar-refractivity contribution in [1.82, 2.24) is 0 Å². The van der Waals surface area contributed by atoms with Crippen molar-refractivity contribution in [1.29, 1.82) is 0 Å². The molecule has 0 fully saturated rings. The number of benzene rings is 2. The second-order valence-electron chi connectivity index (χ2n) is 6.34. The van der Waals surface area contributed by atoms with Crippen LogP contribution in [0.3, 0.4) is 0 Å². The fourth-order valence-corrected chi connectivity index (χ4v) is 2.58. The van der Waals surface area contributed by atoms with E-state index in [2.05, 4.69) is 62.4 Å². The van der Waals surface area contributed by atoms with E-state index in [4.69, 9.17) is 4.74 Å². The van der Waals surface area contributed by atoms with E-state index in [0.717, 1.165) is 24.3 Å². The second kappa shape index (κ2) is 11.3. The molecule has 0 unspecified atom stereocenters. The summed E-state index contributed by atoms with van der Waals surface area (Å²) < 4.78 is 6.05. The summed E-state index contributed by atoms with van der Waals surface area (Å²) in [6.07, 6.45) is 16.0. The first-order valence-corrected chi connectivity index (χ1v) is 9.53. The van der Waals surface area contributed by atoms with Crippen molar-refractivity contribution in [3.63, 3.8) is 0 Å². The van der Waals surface area contributed by atoms with Crippen molar-refractivity contribution in [3.05, 3.63) is 71.8 Å². The fraction of sp³-hybridized carbons (Fsp3) is 0.333. The molecule has 2 aromatic carbocycles. The van der Waals surface area contributed by atoms with Gasteiger partial charge in [-0.15, -0.1) is 0 Å². The Bertz CT molecular complexity index is 622. The summed E-state index contributed by atoms with van der Waals surface area (Å²) in [6.45, 7) is 4.44. The van der Waals surface area contributed by atoms with E-state index in [1.807, 2.05) is 24.3 Å². The Morgan fingerprint density at radius 3 is 1.64 bits per heavy atom. The van der Waals surface area contributed by atoms with Crippen LogP contribution in [0.25, 0.3) is 12.2 Å². The van der Waals surface area contributed by atoms with Crippen LogP contribution in [-0.4, -0.2) is 0 Å². The standard InChI is InChI=1S/C24H30O/c1-3-5-7-9-13-21-15-11-17-23(19-21)25-24-18-12-16-22(20-24)14-10-8-6-4-2/h9-20H,3-8H2,1-2H3. The minimum absolute atomic E-state index is 0.879. The van der Waals surface area contributed by atoms with Gasteiger partial charge in [0.2, 0.25) is 0 Å². The SMILES string of the molecule is CCCCC=Cc1cccc(Oc2cccc(C=CCCCC)c2)c1. The summed E-state index contributed by atoms with van der Waals surface area (Å²) in [5.41, 5.74) is 2.37. The summed E-state index contributed by atoms with van der Waals surface area (Å²) in [5.74, 6) is 1.76. The first-order valence-electron chi connectivity index (χ1n) is 9.53. The van der Waals surface area contributed by atoms with Crippen LogP contribution < -0.4 is 4.74 Å². The summed E-state index contributed by atoms with van der Waals surface area (Å²) in [6, 6.07) is 16.5. The molecule has 0 aromatic heterocycles. The number of hydrogen-bond donors (Lipinski definition) is 0. The molecule has 0 aliphatic heterocycles. The first kappa shape index (κ1) is 19.1. The molecule has 0 aliphatic rings. The van der Waals surface area contributed by atoms with Gasteiger partial charge in [-0.05, 0) is 48.2 Å². The van der Waals surface area contributed by atoms with Gasteiger partial charge in [0.1, 0.15) is 11.5 Å². The van der Waals surface area contributed by atoms with Crippen LogP contribution in [0.5, 0.6) is 11.5 Å². The molecule has 0 N–H and O–H groups in total. The predicted molar refractivity (Wildman–Crippen MR) is 110 cm³/mol.